The summed E-state index contributed by atoms with van der Waals surface area (Å²) in [5.74, 6) is 1.65. The van der Waals surface area contributed by atoms with Gasteiger partial charge in [0, 0.05) is 25.4 Å². The van der Waals surface area contributed by atoms with Crippen LogP contribution in [0.3, 0.4) is 0 Å². The molecule has 14 heavy (non-hydrogen) atoms. The summed E-state index contributed by atoms with van der Waals surface area (Å²) in [6, 6.07) is 2.03. The Morgan fingerprint density at radius 3 is 2.79 bits per heavy atom. The van der Waals surface area contributed by atoms with Crippen molar-refractivity contribution in [2.45, 2.75) is 33.7 Å². The fourth-order valence-corrected chi connectivity index (χ4v) is 1.12. The van der Waals surface area contributed by atoms with Crippen LogP contribution in [0.5, 0.6) is 0 Å². The lowest BCUT2D eigenvalue weighted by atomic mass is 10.2. The Kier molecular flexibility index (Phi) is 6.37. The van der Waals surface area contributed by atoms with Crippen molar-refractivity contribution in [3.05, 3.63) is 12.3 Å². The largest absolute Gasteiger partial charge is 0.368 e. The number of aromatic nitrogens is 2. The molecule has 0 fully saturated rings. The first kappa shape index (κ1) is 13.3. The summed E-state index contributed by atoms with van der Waals surface area (Å²) in [6.45, 7) is 8.53. The van der Waals surface area contributed by atoms with Gasteiger partial charge < -0.3 is 5.32 Å². The van der Waals surface area contributed by atoms with Crippen molar-refractivity contribution >= 4 is 18.2 Å². The quantitative estimate of drug-likeness (QED) is 0.822. The first-order valence-corrected chi connectivity index (χ1v) is 4.99. The van der Waals surface area contributed by atoms with Crippen LogP contribution >= 0.6 is 12.4 Å². The van der Waals surface area contributed by atoms with Gasteiger partial charge in [0.2, 0.25) is 0 Å². The molecule has 1 heterocycles. The Morgan fingerprint density at radius 1 is 1.50 bits per heavy atom. The lowest BCUT2D eigenvalue weighted by molar-refractivity contribution is 0.602. The minimum absolute atomic E-state index is 0. The fourth-order valence-electron chi connectivity index (χ4n) is 1.12. The molecular weight excluding hydrogens is 198 g/mol. The highest BCUT2D eigenvalue weighted by molar-refractivity contribution is 5.85. The van der Waals surface area contributed by atoms with Crippen molar-refractivity contribution in [3.8, 4) is 0 Å². The number of rotatable bonds is 5. The standard InChI is InChI=1S/C10H19N3.ClH/c1-4-6-13-7-5-10(12-13)11-8-9(2)3;/h5,7,9H,4,6,8H2,1-3H3,(H,11,12);1H. The highest BCUT2D eigenvalue weighted by Gasteiger charge is 1.98. The third-order valence-corrected chi connectivity index (χ3v) is 1.78. The fraction of sp³-hybridized carbons (Fsp3) is 0.700. The molecule has 1 N–H and O–H groups in total. The van der Waals surface area contributed by atoms with E-state index in [-0.39, 0.29) is 12.4 Å². The van der Waals surface area contributed by atoms with Crippen molar-refractivity contribution < 1.29 is 0 Å². The van der Waals surface area contributed by atoms with Crippen LogP contribution in [0.15, 0.2) is 12.3 Å². The van der Waals surface area contributed by atoms with Gasteiger partial charge in [-0.1, -0.05) is 20.8 Å². The lowest BCUT2D eigenvalue weighted by Gasteiger charge is -2.05. The van der Waals surface area contributed by atoms with Gasteiger partial charge in [0.05, 0.1) is 0 Å². The average Bonchev–Trinajstić information content (AvgIpc) is 2.50. The van der Waals surface area contributed by atoms with Crippen LogP contribution in [-0.4, -0.2) is 16.3 Å². The van der Waals surface area contributed by atoms with Crippen molar-refractivity contribution in [1.29, 1.82) is 0 Å². The van der Waals surface area contributed by atoms with Crippen molar-refractivity contribution in [3.63, 3.8) is 0 Å². The van der Waals surface area contributed by atoms with E-state index in [2.05, 4.69) is 31.2 Å². The molecule has 0 aliphatic rings. The van der Waals surface area contributed by atoms with Gasteiger partial charge in [0.1, 0.15) is 5.82 Å². The van der Waals surface area contributed by atoms with Crippen LogP contribution in [0.2, 0.25) is 0 Å². The van der Waals surface area contributed by atoms with Crippen LogP contribution in [-0.2, 0) is 6.54 Å². The monoisotopic (exact) mass is 217 g/mol. The zero-order chi connectivity index (χ0) is 9.68. The molecule has 0 aliphatic heterocycles. The van der Waals surface area contributed by atoms with Crippen molar-refractivity contribution in [1.82, 2.24) is 9.78 Å². The molecule has 1 aromatic heterocycles. The Balaban J connectivity index is 0.00000169. The van der Waals surface area contributed by atoms with Crippen LogP contribution in [0.25, 0.3) is 0 Å². The third-order valence-electron chi connectivity index (χ3n) is 1.78. The molecule has 3 nitrogen and oxygen atoms in total. The van der Waals surface area contributed by atoms with Gasteiger partial charge >= 0.3 is 0 Å². The molecule has 0 aromatic carbocycles. The van der Waals surface area contributed by atoms with Gasteiger partial charge in [-0.2, -0.15) is 5.10 Å². The second-order valence-electron chi connectivity index (χ2n) is 3.74. The van der Waals surface area contributed by atoms with E-state index >= 15 is 0 Å². The zero-order valence-electron chi connectivity index (χ0n) is 9.16. The average molecular weight is 218 g/mol. The Morgan fingerprint density at radius 2 is 2.21 bits per heavy atom. The third kappa shape index (κ3) is 4.51. The summed E-state index contributed by atoms with van der Waals surface area (Å²) in [6.07, 6.45) is 3.15. The second-order valence-corrected chi connectivity index (χ2v) is 3.74. The van der Waals surface area contributed by atoms with E-state index in [1.54, 1.807) is 0 Å². The Bertz CT molecular complexity index is 245. The van der Waals surface area contributed by atoms with Crippen LogP contribution in [0, 0.1) is 5.92 Å². The van der Waals surface area contributed by atoms with Crippen molar-refractivity contribution in [2.24, 2.45) is 5.92 Å². The second kappa shape index (κ2) is 6.71. The van der Waals surface area contributed by atoms with Crippen molar-refractivity contribution in [2.75, 3.05) is 11.9 Å². The molecule has 0 aliphatic carbocycles. The van der Waals surface area contributed by atoms with Gasteiger partial charge in [-0.15, -0.1) is 12.4 Å². The van der Waals surface area contributed by atoms with Crippen LogP contribution < -0.4 is 5.32 Å². The molecule has 1 aromatic rings. The molecule has 82 valence electrons. The van der Waals surface area contributed by atoms with Gasteiger partial charge in [-0.05, 0) is 12.3 Å². The van der Waals surface area contributed by atoms with E-state index in [0.717, 1.165) is 25.3 Å². The number of hydrogen-bond donors (Lipinski definition) is 1. The number of nitrogens with one attached hydrogen (secondary N) is 1. The topological polar surface area (TPSA) is 29.9 Å². The molecule has 0 amide bonds. The molecule has 0 atom stereocenters. The maximum absolute atomic E-state index is 4.38. The molecule has 0 spiro atoms. The smallest absolute Gasteiger partial charge is 0.147 e. The molecule has 0 bridgehead atoms. The number of anilines is 1. The molecule has 4 heteroatoms. The summed E-state index contributed by atoms with van der Waals surface area (Å²) in [5, 5.41) is 7.67. The van der Waals surface area contributed by atoms with E-state index in [1.807, 2.05) is 16.9 Å². The molecular formula is C10H20ClN3. The van der Waals surface area contributed by atoms with Gasteiger partial charge in [-0.3, -0.25) is 4.68 Å². The highest BCUT2D eigenvalue weighted by atomic mass is 35.5. The Hall–Kier alpha value is -0.700. The van der Waals surface area contributed by atoms with Gasteiger partial charge in [0.15, 0.2) is 0 Å². The first-order valence-electron chi connectivity index (χ1n) is 4.99. The Labute approximate surface area is 92.3 Å². The van der Waals surface area contributed by atoms with E-state index in [0.29, 0.717) is 5.92 Å². The lowest BCUT2D eigenvalue weighted by Crippen LogP contribution is -2.08. The number of halogens is 1. The van der Waals surface area contributed by atoms with E-state index in [4.69, 9.17) is 0 Å². The molecule has 0 saturated heterocycles. The predicted molar refractivity (Wildman–Crippen MR) is 63.1 cm³/mol. The van der Waals surface area contributed by atoms with Crippen LogP contribution in [0.1, 0.15) is 27.2 Å². The first-order chi connectivity index (χ1) is 6.22. The molecule has 1 rings (SSSR count). The molecule has 0 radical (unpaired) electrons. The summed E-state index contributed by atoms with van der Waals surface area (Å²) in [4.78, 5) is 0. The van der Waals surface area contributed by atoms with E-state index in [9.17, 15) is 0 Å². The van der Waals surface area contributed by atoms with Gasteiger partial charge in [0.25, 0.3) is 0 Å². The number of nitrogens with zero attached hydrogens (tertiary/aromatic N) is 2. The minimum atomic E-state index is 0. The van der Waals surface area contributed by atoms with Gasteiger partial charge in [-0.25, -0.2) is 0 Å². The van der Waals surface area contributed by atoms with Crippen LogP contribution in [0.4, 0.5) is 5.82 Å². The maximum Gasteiger partial charge on any atom is 0.147 e. The number of hydrogen-bond acceptors (Lipinski definition) is 2. The summed E-state index contributed by atoms with van der Waals surface area (Å²) in [7, 11) is 0. The summed E-state index contributed by atoms with van der Waals surface area (Å²) >= 11 is 0. The number of aryl methyl sites for hydroxylation is 1. The summed E-state index contributed by atoms with van der Waals surface area (Å²) < 4.78 is 1.97. The zero-order valence-corrected chi connectivity index (χ0v) is 9.97. The van der Waals surface area contributed by atoms with E-state index in [1.165, 1.54) is 0 Å². The highest BCUT2D eigenvalue weighted by Crippen LogP contribution is 2.04. The molecule has 0 saturated carbocycles. The molecule has 0 unspecified atom stereocenters. The normalized spacial score (nSPS) is 10.0. The van der Waals surface area contributed by atoms with E-state index < -0.39 is 0 Å². The predicted octanol–water partition coefficient (Wildman–Crippen LogP) is 2.78. The SMILES string of the molecule is CCCn1ccc(NCC(C)C)n1.Cl. The maximum atomic E-state index is 4.38. The summed E-state index contributed by atoms with van der Waals surface area (Å²) in [5.41, 5.74) is 0. The minimum Gasteiger partial charge on any atom is -0.368 e.